The van der Waals surface area contributed by atoms with Crippen LogP contribution in [-0.2, 0) is 9.53 Å². The second kappa shape index (κ2) is 9.84. The molecule has 0 bridgehead atoms. The summed E-state index contributed by atoms with van der Waals surface area (Å²) in [6, 6.07) is 1.27. The molecule has 1 fully saturated rings. The number of methoxy groups -OCH3 is 1. The van der Waals surface area contributed by atoms with Crippen LogP contribution in [0.15, 0.2) is 10.5 Å². The Bertz CT molecular complexity index is 1080. The van der Waals surface area contributed by atoms with Gasteiger partial charge in [0.15, 0.2) is 5.82 Å². The third-order valence-corrected chi connectivity index (χ3v) is 6.87. The number of benzene rings is 1. The maximum atomic E-state index is 15.1. The standard InChI is InChI=1S/C21H26BrClFN5O4/c1-21(2,3)13-10-28(7-8-29(13)20(31)32)18-11-9-12(23)15(22)16(24)17(11)26-19(27-18)25-6-5-14(30)33-4/h9,13H,5-8,10H2,1-4H3,(H,31,32)(H,25,26,27). The fourth-order valence-electron chi connectivity index (χ4n) is 3.80. The average molecular weight is 547 g/mol. The lowest BCUT2D eigenvalue weighted by atomic mass is 9.84. The highest BCUT2D eigenvalue weighted by molar-refractivity contribution is 9.10. The molecule has 1 unspecified atom stereocenters. The summed E-state index contributed by atoms with van der Waals surface area (Å²) < 4.78 is 19.8. The van der Waals surface area contributed by atoms with E-state index in [0.29, 0.717) is 24.3 Å². The van der Waals surface area contributed by atoms with Crippen LogP contribution in [0.25, 0.3) is 10.9 Å². The topological polar surface area (TPSA) is 108 Å². The van der Waals surface area contributed by atoms with E-state index in [0.717, 1.165) is 0 Å². The number of hydrogen-bond donors (Lipinski definition) is 2. The molecule has 12 heteroatoms. The third kappa shape index (κ3) is 5.40. The number of amides is 1. The van der Waals surface area contributed by atoms with Crippen LogP contribution in [0, 0.1) is 11.2 Å². The predicted octanol–water partition coefficient (Wildman–Crippen LogP) is 4.37. The molecule has 0 aliphatic carbocycles. The third-order valence-electron chi connectivity index (χ3n) is 5.57. The highest BCUT2D eigenvalue weighted by Crippen LogP contribution is 2.37. The summed E-state index contributed by atoms with van der Waals surface area (Å²) in [5, 5.41) is 13.2. The first-order chi connectivity index (χ1) is 15.4. The number of carbonyl (C=O) groups is 2. The van der Waals surface area contributed by atoms with Gasteiger partial charge < -0.3 is 25.0 Å². The number of fused-ring (bicyclic) bond motifs is 1. The number of carboxylic acid groups (broad SMARTS) is 1. The smallest absolute Gasteiger partial charge is 0.407 e. The van der Waals surface area contributed by atoms with Gasteiger partial charge in [0.05, 0.1) is 29.1 Å². The van der Waals surface area contributed by atoms with Crippen LogP contribution in [0.2, 0.25) is 5.02 Å². The second-order valence-electron chi connectivity index (χ2n) is 8.81. The molecule has 1 saturated heterocycles. The molecule has 2 aromatic rings. The van der Waals surface area contributed by atoms with Crippen molar-refractivity contribution in [1.82, 2.24) is 14.9 Å². The normalized spacial score (nSPS) is 16.8. The van der Waals surface area contributed by atoms with Crippen LogP contribution in [-0.4, -0.2) is 71.4 Å². The molecular weight excluding hydrogens is 521 g/mol. The summed E-state index contributed by atoms with van der Waals surface area (Å²) in [6.07, 6.45) is -0.894. The van der Waals surface area contributed by atoms with Gasteiger partial charge in [0, 0.05) is 31.6 Å². The van der Waals surface area contributed by atoms with Crippen molar-refractivity contribution >= 4 is 62.3 Å². The zero-order valence-electron chi connectivity index (χ0n) is 18.8. The van der Waals surface area contributed by atoms with Crippen molar-refractivity contribution in [3.63, 3.8) is 0 Å². The largest absolute Gasteiger partial charge is 0.469 e. The molecular formula is C21H26BrClFN5O4. The van der Waals surface area contributed by atoms with Crippen LogP contribution in [0.3, 0.4) is 0 Å². The van der Waals surface area contributed by atoms with Gasteiger partial charge in [-0.05, 0) is 27.4 Å². The van der Waals surface area contributed by atoms with Crippen molar-refractivity contribution in [2.24, 2.45) is 5.41 Å². The minimum absolute atomic E-state index is 0.0600. The Kier molecular flexibility index (Phi) is 7.52. The molecule has 2 N–H and O–H groups in total. The van der Waals surface area contributed by atoms with E-state index in [4.69, 9.17) is 11.6 Å². The Morgan fingerprint density at radius 1 is 1.36 bits per heavy atom. The number of rotatable bonds is 5. The van der Waals surface area contributed by atoms with Crippen LogP contribution in [0.4, 0.5) is 21.0 Å². The van der Waals surface area contributed by atoms with Gasteiger partial charge in [-0.2, -0.15) is 4.98 Å². The molecule has 3 rings (SSSR count). The van der Waals surface area contributed by atoms with Gasteiger partial charge in [-0.3, -0.25) is 4.79 Å². The SMILES string of the molecule is COC(=O)CCNc1nc(N2CCN(C(=O)O)C(C(C)(C)C)C2)c2cc(Cl)c(Br)c(F)c2n1. The van der Waals surface area contributed by atoms with E-state index in [-0.39, 0.29) is 51.9 Å². The van der Waals surface area contributed by atoms with Gasteiger partial charge in [-0.25, -0.2) is 14.2 Å². The van der Waals surface area contributed by atoms with Crippen LogP contribution < -0.4 is 10.2 Å². The summed E-state index contributed by atoms with van der Waals surface area (Å²) in [6.45, 7) is 7.11. The lowest BCUT2D eigenvalue weighted by molar-refractivity contribution is -0.140. The first kappa shape index (κ1) is 25.2. The molecule has 1 aromatic carbocycles. The van der Waals surface area contributed by atoms with Crippen molar-refractivity contribution in [3.05, 3.63) is 21.4 Å². The fourth-order valence-corrected chi connectivity index (χ4v) is 4.30. The number of aromatic nitrogens is 2. The number of ether oxygens (including phenoxy) is 1. The quantitative estimate of drug-likeness (QED) is 0.420. The summed E-state index contributed by atoms with van der Waals surface area (Å²) in [5.74, 6) is -0.452. The minimum Gasteiger partial charge on any atom is -0.469 e. The summed E-state index contributed by atoms with van der Waals surface area (Å²) >= 11 is 9.38. The van der Waals surface area contributed by atoms with Crippen molar-refractivity contribution in [2.45, 2.75) is 33.2 Å². The van der Waals surface area contributed by atoms with E-state index in [1.54, 1.807) is 6.07 Å². The van der Waals surface area contributed by atoms with Crippen molar-refractivity contribution in [3.8, 4) is 0 Å². The highest BCUT2D eigenvalue weighted by Gasteiger charge is 2.39. The van der Waals surface area contributed by atoms with E-state index in [1.165, 1.54) is 12.0 Å². The first-order valence-electron chi connectivity index (χ1n) is 10.3. The Morgan fingerprint density at radius 2 is 2.06 bits per heavy atom. The van der Waals surface area contributed by atoms with Crippen molar-refractivity contribution < 1.29 is 23.8 Å². The Balaban J connectivity index is 2.06. The maximum absolute atomic E-state index is 15.1. The minimum atomic E-state index is -0.981. The fraction of sp³-hybridized carbons (Fsp3) is 0.524. The molecule has 1 amide bonds. The predicted molar refractivity (Wildman–Crippen MR) is 128 cm³/mol. The molecule has 2 heterocycles. The van der Waals surface area contributed by atoms with Gasteiger partial charge in [-0.15, -0.1) is 0 Å². The van der Waals surface area contributed by atoms with Gasteiger partial charge in [0.2, 0.25) is 5.95 Å². The zero-order chi connectivity index (χ0) is 24.5. The Labute approximate surface area is 204 Å². The molecule has 1 atom stereocenters. The van der Waals surface area contributed by atoms with Crippen molar-refractivity contribution in [1.29, 1.82) is 0 Å². The van der Waals surface area contributed by atoms with E-state index in [9.17, 15) is 14.7 Å². The van der Waals surface area contributed by atoms with Crippen molar-refractivity contribution in [2.75, 3.05) is 43.5 Å². The molecule has 1 aliphatic rings. The summed E-state index contributed by atoms with van der Waals surface area (Å²) in [7, 11) is 1.30. The average Bonchev–Trinajstić information content (AvgIpc) is 2.76. The van der Waals surface area contributed by atoms with Crippen LogP contribution in [0.1, 0.15) is 27.2 Å². The monoisotopic (exact) mass is 545 g/mol. The number of hydrogen-bond acceptors (Lipinski definition) is 7. The first-order valence-corrected chi connectivity index (χ1v) is 11.5. The number of nitrogens with one attached hydrogen (secondary N) is 1. The van der Waals surface area contributed by atoms with Gasteiger partial charge in [0.25, 0.3) is 0 Å². The zero-order valence-corrected chi connectivity index (χ0v) is 21.1. The number of halogens is 3. The number of nitrogens with zero attached hydrogens (tertiary/aromatic N) is 4. The molecule has 1 aromatic heterocycles. The number of carbonyl (C=O) groups excluding carboxylic acids is 1. The van der Waals surface area contributed by atoms with E-state index in [1.807, 2.05) is 25.7 Å². The summed E-state index contributed by atoms with van der Waals surface area (Å²) in [5.41, 5.74) is -0.280. The molecule has 0 saturated carbocycles. The molecule has 0 spiro atoms. The van der Waals surface area contributed by atoms with Gasteiger partial charge >= 0.3 is 12.1 Å². The Hall–Kier alpha value is -2.40. The molecule has 0 radical (unpaired) electrons. The lowest BCUT2D eigenvalue weighted by Gasteiger charge is -2.46. The summed E-state index contributed by atoms with van der Waals surface area (Å²) in [4.78, 5) is 35.5. The van der Waals surface area contributed by atoms with Gasteiger partial charge in [-0.1, -0.05) is 32.4 Å². The lowest BCUT2D eigenvalue weighted by Crippen LogP contribution is -2.59. The van der Waals surface area contributed by atoms with E-state index < -0.39 is 17.9 Å². The maximum Gasteiger partial charge on any atom is 0.407 e. The molecule has 33 heavy (non-hydrogen) atoms. The highest BCUT2D eigenvalue weighted by atomic mass is 79.9. The number of anilines is 2. The molecule has 9 nitrogen and oxygen atoms in total. The number of esters is 1. The van der Waals surface area contributed by atoms with Crippen LogP contribution in [0.5, 0.6) is 0 Å². The molecule has 180 valence electrons. The van der Waals surface area contributed by atoms with Gasteiger partial charge in [0.1, 0.15) is 11.3 Å². The Morgan fingerprint density at radius 3 is 2.67 bits per heavy atom. The second-order valence-corrected chi connectivity index (χ2v) is 10.0. The van der Waals surface area contributed by atoms with Crippen LogP contribution >= 0.6 is 27.5 Å². The number of piperazine rings is 1. The van der Waals surface area contributed by atoms with E-state index in [2.05, 4.69) is 36.0 Å². The van der Waals surface area contributed by atoms with E-state index >= 15 is 4.39 Å². The molecule has 1 aliphatic heterocycles.